The highest BCUT2D eigenvalue weighted by Gasteiger charge is 2.11. The summed E-state index contributed by atoms with van der Waals surface area (Å²) < 4.78 is 0. The number of nitrogens with one attached hydrogen (secondary N) is 2. The number of anilines is 1. The molecule has 0 fully saturated rings. The van der Waals surface area contributed by atoms with Gasteiger partial charge in [0, 0.05) is 13.0 Å². The molecular formula is C13H24N4O2S. The summed E-state index contributed by atoms with van der Waals surface area (Å²) in [5, 5.41) is 24.3. The van der Waals surface area contributed by atoms with E-state index in [2.05, 4.69) is 27.8 Å². The summed E-state index contributed by atoms with van der Waals surface area (Å²) >= 11 is 1.39. The van der Waals surface area contributed by atoms with E-state index < -0.39 is 6.10 Å². The summed E-state index contributed by atoms with van der Waals surface area (Å²) in [4.78, 5) is 11.6. The van der Waals surface area contributed by atoms with Gasteiger partial charge in [0.25, 0.3) is 0 Å². The maximum absolute atomic E-state index is 11.6. The van der Waals surface area contributed by atoms with Crippen LogP contribution in [0.1, 0.15) is 45.0 Å². The van der Waals surface area contributed by atoms with Crippen molar-refractivity contribution in [1.82, 2.24) is 15.5 Å². The van der Waals surface area contributed by atoms with Crippen LogP contribution < -0.4 is 10.6 Å². The Hall–Kier alpha value is -1.21. The van der Waals surface area contributed by atoms with E-state index in [1.54, 1.807) is 0 Å². The lowest BCUT2D eigenvalue weighted by atomic mass is 10.1. The van der Waals surface area contributed by atoms with E-state index in [0.717, 1.165) is 24.3 Å². The monoisotopic (exact) mass is 300 g/mol. The van der Waals surface area contributed by atoms with Crippen LogP contribution in [0.5, 0.6) is 0 Å². The number of aliphatic hydroxyl groups is 1. The van der Waals surface area contributed by atoms with Crippen molar-refractivity contribution < 1.29 is 9.90 Å². The van der Waals surface area contributed by atoms with Crippen molar-refractivity contribution in [2.45, 2.75) is 52.6 Å². The molecule has 1 aromatic rings. The van der Waals surface area contributed by atoms with Gasteiger partial charge < -0.3 is 10.4 Å². The van der Waals surface area contributed by atoms with Gasteiger partial charge in [-0.15, -0.1) is 10.2 Å². The molecule has 0 aliphatic carbocycles. The number of urea groups is 1. The predicted molar refractivity (Wildman–Crippen MR) is 81.0 cm³/mol. The van der Waals surface area contributed by atoms with Crippen LogP contribution in [0, 0.1) is 5.92 Å². The predicted octanol–water partition coefficient (Wildman–Crippen LogP) is 2.41. The fraction of sp³-hybridized carbons (Fsp3) is 0.769. The topological polar surface area (TPSA) is 87.1 Å². The molecule has 1 rings (SSSR count). The van der Waals surface area contributed by atoms with Crippen LogP contribution in [-0.4, -0.2) is 34.0 Å². The zero-order valence-electron chi connectivity index (χ0n) is 12.3. The van der Waals surface area contributed by atoms with Crippen molar-refractivity contribution >= 4 is 22.5 Å². The van der Waals surface area contributed by atoms with Gasteiger partial charge in [-0.1, -0.05) is 38.5 Å². The molecule has 0 saturated carbocycles. The van der Waals surface area contributed by atoms with Crippen LogP contribution in [0.4, 0.5) is 9.93 Å². The largest absolute Gasteiger partial charge is 0.391 e. The van der Waals surface area contributed by atoms with E-state index in [9.17, 15) is 9.90 Å². The molecular weight excluding hydrogens is 276 g/mol. The minimum absolute atomic E-state index is 0.242. The standard InChI is InChI=1S/C13H24N4O2S/c1-4-5-6-11-16-17-13(20-11)15-12(19)14-8-10(18)7-9(2)3/h9-10,18H,4-8H2,1-3H3,(H2,14,15,17,19). The van der Waals surface area contributed by atoms with Crippen molar-refractivity contribution in [2.75, 3.05) is 11.9 Å². The number of rotatable bonds is 8. The van der Waals surface area contributed by atoms with Gasteiger partial charge >= 0.3 is 6.03 Å². The molecule has 1 atom stereocenters. The molecule has 0 aromatic carbocycles. The van der Waals surface area contributed by atoms with Gasteiger partial charge in [-0.2, -0.15) is 0 Å². The number of carbonyl (C=O) groups is 1. The molecule has 1 unspecified atom stereocenters. The minimum Gasteiger partial charge on any atom is -0.391 e. The molecule has 0 bridgehead atoms. The number of hydrogen-bond donors (Lipinski definition) is 3. The number of aliphatic hydroxyl groups excluding tert-OH is 1. The lowest BCUT2D eigenvalue weighted by molar-refractivity contribution is 0.148. The third kappa shape index (κ3) is 6.81. The molecule has 0 saturated heterocycles. The van der Waals surface area contributed by atoms with Crippen molar-refractivity contribution in [3.8, 4) is 0 Å². The fourth-order valence-corrected chi connectivity index (χ4v) is 2.49. The molecule has 1 aromatic heterocycles. The third-order valence-corrected chi connectivity index (χ3v) is 3.57. The molecule has 0 radical (unpaired) electrons. The first-order valence-corrected chi connectivity index (χ1v) is 7.88. The van der Waals surface area contributed by atoms with E-state index in [4.69, 9.17) is 0 Å². The van der Waals surface area contributed by atoms with E-state index in [1.165, 1.54) is 11.3 Å². The van der Waals surface area contributed by atoms with Gasteiger partial charge in [0.15, 0.2) is 0 Å². The third-order valence-electron chi connectivity index (χ3n) is 2.67. The van der Waals surface area contributed by atoms with Gasteiger partial charge in [0.1, 0.15) is 5.01 Å². The first kappa shape index (κ1) is 16.8. The molecule has 0 aliphatic rings. The molecule has 7 heteroatoms. The molecule has 114 valence electrons. The molecule has 2 amide bonds. The summed E-state index contributed by atoms with van der Waals surface area (Å²) in [5.41, 5.74) is 0. The highest BCUT2D eigenvalue weighted by Crippen LogP contribution is 2.16. The maximum atomic E-state index is 11.6. The summed E-state index contributed by atoms with van der Waals surface area (Å²) in [6.45, 7) is 6.42. The lowest BCUT2D eigenvalue weighted by Crippen LogP contribution is -2.35. The van der Waals surface area contributed by atoms with Crippen molar-refractivity contribution in [2.24, 2.45) is 5.92 Å². The van der Waals surface area contributed by atoms with Crippen LogP contribution in [0.3, 0.4) is 0 Å². The number of hydrogen-bond acceptors (Lipinski definition) is 5. The summed E-state index contributed by atoms with van der Waals surface area (Å²) in [5.74, 6) is 0.402. The lowest BCUT2D eigenvalue weighted by Gasteiger charge is -2.13. The zero-order chi connectivity index (χ0) is 15.0. The summed E-state index contributed by atoms with van der Waals surface area (Å²) in [6, 6.07) is -0.356. The second kappa shape index (κ2) is 8.86. The molecule has 0 spiro atoms. The second-order valence-electron chi connectivity index (χ2n) is 5.22. The van der Waals surface area contributed by atoms with Crippen LogP contribution in [0.2, 0.25) is 0 Å². The number of aryl methyl sites for hydroxylation is 1. The Labute approximate surface area is 124 Å². The number of amides is 2. The Morgan fingerprint density at radius 2 is 2.15 bits per heavy atom. The molecule has 3 N–H and O–H groups in total. The number of carbonyl (C=O) groups excluding carboxylic acids is 1. The van der Waals surface area contributed by atoms with Gasteiger partial charge in [0.05, 0.1) is 6.10 Å². The fourth-order valence-electron chi connectivity index (χ4n) is 1.71. The highest BCUT2D eigenvalue weighted by molar-refractivity contribution is 7.15. The number of aromatic nitrogens is 2. The van der Waals surface area contributed by atoms with E-state index in [-0.39, 0.29) is 12.6 Å². The Morgan fingerprint density at radius 3 is 2.80 bits per heavy atom. The van der Waals surface area contributed by atoms with Crippen LogP contribution in [-0.2, 0) is 6.42 Å². The Bertz CT molecular complexity index is 409. The minimum atomic E-state index is -0.518. The molecule has 0 aliphatic heterocycles. The maximum Gasteiger partial charge on any atom is 0.321 e. The second-order valence-corrected chi connectivity index (χ2v) is 6.28. The average molecular weight is 300 g/mol. The van der Waals surface area contributed by atoms with Crippen molar-refractivity contribution in [1.29, 1.82) is 0 Å². The van der Waals surface area contributed by atoms with Gasteiger partial charge in [0.2, 0.25) is 5.13 Å². The smallest absolute Gasteiger partial charge is 0.321 e. The Morgan fingerprint density at radius 1 is 1.40 bits per heavy atom. The summed E-state index contributed by atoms with van der Waals surface area (Å²) in [6.07, 6.45) is 3.22. The van der Waals surface area contributed by atoms with Gasteiger partial charge in [-0.25, -0.2) is 4.79 Å². The first-order chi connectivity index (χ1) is 9.51. The SMILES string of the molecule is CCCCc1nnc(NC(=O)NCC(O)CC(C)C)s1. The van der Waals surface area contributed by atoms with Crippen LogP contribution in [0.25, 0.3) is 0 Å². The van der Waals surface area contributed by atoms with Crippen molar-refractivity contribution in [3.05, 3.63) is 5.01 Å². The zero-order valence-corrected chi connectivity index (χ0v) is 13.2. The molecule has 20 heavy (non-hydrogen) atoms. The number of unbranched alkanes of at least 4 members (excludes halogenated alkanes) is 1. The summed E-state index contributed by atoms with van der Waals surface area (Å²) in [7, 11) is 0. The molecule has 6 nitrogen and oxygen atoms in total. The van der Waals surface area contributed by atoms with Gasteiger partial charge in [-0.05, 0) is 18.8 Å². The molecule has 1 heterocycles. The van der Waals surface area contributed by atoms with E-state index >= 15 is 0 Å². The Balaban J connectivity index is 2.29. The number of nitrogens with zero attached hydrogens (tertiary/aromatic N) is 2. The average Bonchev–Trinajstić information content (AvgIpc) is 2.80. The highest BCUT2D eigenvalue weighted by atomic mass is 32.1. The van der Waals surface area contributed by atoms with Crippen LogP contribution in [0.15, 0.2) is 0 Å². The van der Waals surface area contributed by atoms with Gasteiger partial charge in [-0.3, -0.25) is 5.32 Å². The van der Waals surface area contributed by atoms with Crippen LogP contribution >= 0.6 is 11.3 Å². The Kier molecular flexibility index (Phi) is 7.46. The normalized spacial score (nSPS) is 12.4. The van der Waals surface area contributed by atoms with Crippen molar-refractivity contribution in [3.63, 3.8) is 0 Å². The quantitative estimate of drug-likeness (QED) is 0.688. The first-order valence-electron chi connectivity index (χ1n) is 7.06. The van der Waals surface area contributed by atoms with E-state index in [0.29, 0.717) is 17.5 Å². The van der Waals surface area contributed by atoms with E-state index in [1.807, 2.05) is 13.8 Å².